The first-order chi connectivity index (χ1) is 12.2. The molecule has 1 N–H and O–H groups in total. The smallest absolute Gasteiger partial charge is 0.163 e. The molecule has 1 saturated heterocycles. The van der Waals surface area contributed by atoms with Crippen LogP contribution in [0.2, 0.25) is 0 Å². The molecule has 0 radical (unpaired) electrons. The Hall–Kier alpha value is -1.53. The molecule has 27 heavy (non-hydrogen) atoms. The average molecular weight is 409 g/mol. The summed E-state index contributed by atoms with van der Waals surface area (Å²) >= 11 is 0. The molecule has 2 heterocycles. The maximum absolute atomic E-state index is 11.9. The number of Topliss-reactive ketones (excluding diaryl/α,β-unsaturated/α-hetero) is 1. The number of rotatable bonds is 4. The highest BCUT2D eigenvalue weighted by molar-refractivity contribution is 6.02. The van der Waals surface area contributed by atoms with Gasteiger partial charge in [-0.1, -0.05) is 18.2 Å². The molecule has 7 heteroatoms. The van der Waals surface area contributed by atoms with Gasteiger partial charge in [-0.3, -0.25) is 19.7 Å². The van der Waals surface area contributed by atoms with Crippen LogP contribution in [0.15, 0.2) is 30.6 Å². The van der Waals surface area contributed by atoms with E-state index >= 15 is 0 Å². The van der Waals surface area contributed by atoms with Crippen molar-refractivity contribution in [1.29, 1.82) is 0 Å². The molecule has 1 aliphatic carbocycles. The Morgan fingerprint density at radius 2 is 1.81 bits per heavy atom. The van der Waals surface area contributed by atoms with E-state index in [0.717, 1.165) is 54.1 Å². The summed E-state index contributed by atoms with van der Waals surface area (Å²) in [7, 11) is 2.17. The van der Waals surface area contributed by atoms with Gasteiger partial charge in [0, 0.05) is 30.1 Å². The number of aromatic nitrogens is 2. The second-order valence-electron chi connectivity index (χ2n) is 7.04. The van der Waals surface area contributed by atoms with Crippen molar-refractivity contribution < 1.29 is 4.79 Å². The summed E-state index contributed by atoms with van der Waals surface area (Å²) in [6.45, 7) is 3.01. The first-order valence-corrected chi connectivity index (χ1v) is 9.10. The zero-order valence-corrected chi connectivity index (χ0v) is 17.1. The summed E-state index contributed by atoms with van der Waals surface area (Å²) < 4.78 is 0. The third-order valence-corrected chi connectivity index (χ3v) is 5.40. The van der Waals surface area contributed by atoms with Gasteiger partial charge < -0.3 is 5.32 Å². The number of piperidine rings is 1. The van der Waals surface area contributed by atoms with E-state index in [9.17, 15) is 4.79 Å². The summed E-state index contributed by atoms with van der Waals surface area (Å²) in [5, 5.41) is 3.40. The van der Waals surface area contributed by atoms with Gasteiger partial charge >= 0.3 is 0 Å². The lowest BCUT2D eigenvalue weighted by molar-refractivity contribution is 0.0994. The highest BCUT2D eigenvalue weighted by Gasteiger charge is 2.23. The van der Waals surface area contributed by atoms with Crippen molar-refractivity contribution >= 4 is 30.6 Å². The SMILES string of the molecule is CN(Cc1cnc(-c2cccc3c2CCC3=O)cn1)C1CCNCC1.Cl.Cl. The Balaban J connectivity index is 0.00000131. The number of carbonyl (C=O) groups excluding carboxylic acids is 1. The molecular weight excluding hydrogens is 383 g/mol. The molecule has 0 saturated carbocycles. The summed E-state index contributed by atoms with van der Waals surface area (Å²) in [6, 6.07) is 6.52. The first-order valence-electron chi connectivity index (χ1n) is 9.10. The van der Waals surface area contributed by atoms with Crippen molar-refractivity contribution in [3.8, 4) is 11.3 Å². The number of hydrogen-bond acceptors (Lipinski definition) is 5. The fraction of sp³-hybridized carbons (Fsp3) is 0.450. The third kappa shape index (κ3) is 4.66. The number of fused-ring (bicyclic) bond motifs is 1. The average Bonchev–Trinajstić information content (AvgIpc) is 3.04. The fourth-order valence-electron chi connectivity index (χ4n) is 3.94. The van der Waals surface area contributed by atoms with Gasteiger partial charge in [0.05, 0.1) is 23.8 Å². The van der Waals surface area contributed by atoms with Gasteiger partial charge in [-0.25, -0.2) is 0 Å². The van der Waals surface area contributed by atoms with Crippen LogP contribution in [0.4, 0.5) is 0 Å². The van der Waals surface area contributed by atoms with Gasteiger partial charge in [-0.15, -0.1) is 24.8 Å². The van der Waals surface area contributed by atoms with Crippen LogP contribution in [0.5, 0.6) is 0 Å². The van der Waals surface area contributed by atoms with Crippen LogP contribution in [-0.2, 0) is 13.0 Å². The van der Waals surface area contributed by atoms with E-state index in [0.29, 0.717) is 12.5 Å². The van der Waals surface area contributed by atoms with Crippen molar-refractivity contribution in [1.82, 2.24) is 20.2 Å². The van der Waals surface area contributed by atoms with Crippen LogP contribution in [0.1, 0.15) is 40.9 Å². The number of ketones is 1. The van der Waals surface area contributed by atoms with Gasteiger partial charge in [0.25, 0.3) is 0 Å². The molecule has 1 aromatic heterocycles. The van der Waals surface area contributed by atoms with E-state index in [4.69, 9.17) is 0 Å². The largest absolute Gasteiger partial charge is 0.317 e. The van der Waals surface area contributed by atoms with Gasteiger partial charge in [0.2, 0.25) is 0 Å². The van der Waals surface area contributed by atoms with Gasteiger partial charge in [0.1, 0.15) is 0 Å². The predicted octanol–water partition coefficient (Wildman–Crippen LogP) is 3.30. The van der Waals surface area contributed by atoms with E-state index in [1.165, 1.54) is 12.8 Å². The second-order valence-corrected chi connectivity index (χ2v) is 7.04. The Bertz CT molecular complexity index is 776. The van der Waals surface area contributed by atoms with Crippen molar-refractivity contribution in [2.24, 2.45) is 0 Å². The van der Waals surface area contributed by atoms with Crippen LogP contribution in [0.3, 0.4) is 0 Å². The Kier molecular flexibility index (Phi) is 7.74. The van der Waals surface area contributed by atoms with Gasteiger partial charge in [-0.2, -0.15) is 0 Å². The minimum absolute atomic E-state index is 0. The van der Waals surface area contributed by atoms with Crippen molar-refractivity contribution in [2.75, 3.05) is 20.1 Å². The van der Waals surface area contributed by atoms with Crippen molar-refractivity contribution in [3.63, 3.8) is 0 Å². The van der Waals surface area contributed by atoms with Crippen molar-refractivity contribution in [2.45, 2.75) is 38.3 Å². The number of benzene rings is 1. The Morgan fingerprint density at radius 3 is 2.52 bits per heavy atom. The molecule has 2 aromatic rings. The van der Waals surface area contributed by atoms with E-state index < -0.39 is 0 Å². The normalized spacial score (nSPS) is 16.6. The lowest BCUT2D eigenvalue weighted by Crippen LogP contribution is -2.40. The van der Waals surface area contributed by atoms with E-state index in [1.807, 2.05) is 30.6 Å². The molecule has 0 bridgehead atoms. The standard InChI is InChI=1S/C20H24N4O.2ClH/c1-24(15-7-9-21-10-8-15)13-14-11-23-19(12-22-14)17-3-2-4-18-16(17)5-6-20(18)25;;/h2-4,11-12,15,21H,5-10,13H2,1H3;2*1H. The molecule has 2 aliphatic rings. The summed E-state index contributed by atoms with van der Waals surface area (Å²) in [5.74, 6) is 0.241. The number of nitrogens with one attached hydrogen (secondary N) is 1. The van der Waals surface area contributed by atoms with Crippen molar-refractivity contribution in [3.05, 3.63) is 47.4 Å². The van der Waals surface area contributed by atoms with Crippen LogP contribution < -0.4 is 5.32 Å². The number of halogens is 2. The first kappa shape index (κ1) is 21.8. The monoisotopic (exact) mass is 408 g/mol. The molecule has 146 valence electrons. The number of hydrogen-bond donors (Lipinski definition) is 1. The van der Waals surface area contributed by atoms with Crippen LogP contribution in [0.25, 0.3) is 11.3 Å². The molecule has 0 amide bonds. The van der Waals surface area contributed by atoms with Gasteiger partial charge in [0.15, 0.2) is 5.78 Å². The Labute approximate surface area is 172 Å². The van der Waals surface area contributed by atoms with Crippen LogP contribution in [0, 0.1) is 0 Å². The summed E-state index contributed by atoms with van der Waals surface area (Å²) in [6.07, 6.45) is 7.52. The van der Waals surface area contributed by atoms with Crippen LogP contribution in [-0.4, -0.2) is 46.8 Å². The zero-order valence-electron chi connectivity index (χ0n) is 15.5. The molecule has 0 spiro atoms. The minimum atomic E-state index is 0. The quantitative estimate of drug-likeness (QED) is 0.840. The Morgan fingerprint density at radius 1 is 1.07 bits per heavy atom. The molecule has 0 atom stereocenters. The molecule has 5 nitrogen and oxygen atoms in total. The highest BCUT2D eigenvalue weighted by atomic mass is 35.5. The van der Waals surface area contributed by atoms with E-state index in [2.05, 4.69) is 27.2 Å². The molecule has 1 fully saturated rings. The molecule has 4 rings (SSSR count). The van der Waals surface area contributed by atoms with E-state index in [1.54, 1.807) is 0 Å². The molecule has 0 unspecified atom stereocenters. The molecular formula is C20H26Cl2N4O. The highest BCUT2D eigenvalue weighted by Crippen LogP contribution is 2.31. The fourth-order valence-corrected chi connectivity index (χ4v) is 3.94. The zero-order chi connectivity index (χ0) is 17.2. The molecule has 1 aliphatic heterocycles. The predicted molar refractivity (Wildman–Crippen MR) is 112 cm³/mol. The number of nitrogens with zero attached hydrogens (tertiary/aromatic N) is 3. The lowest BCUT2D eigenvalue weighted by Gasteiger charge is -2.31. The lowest BCUT2D eigenvalue weighted by atomic mass is 10.0. The van der Waals surface area contributed by atoms with Gasteiger partial charge in [-0.05, 0) is 45.0 Å². The summed E-state index contributed by atoms with van der Waals surface area (Å²) in [4.78, 5) is 23.6. The maximum atomic E-state index is 11.9. The minimum Gasteiger partial charge on any atom is -0.317 e. The summed E-state index contributed by atoms with van der Waals surface area (Å²) in [5.41, 5.74) is 4.89. The third-order valence-electron chi connectivity index (χ3n) is 5.40. The maximum Gasteiger partial charge on any atom is 0.163 e. The second kappa shape index (κ2) is 9.60. The molecule has 1 aromatic carbocycles. The van der Waals surface area contributed by atoms with Crippen LogP contribution >= 0.6 is 24.8 Å². The van der Waals surface area contributed by atoms with E-state index in [-0.39, 0.29) is 30.6 Å². The topological polar surface area (TPSA) is 58.1 Å². The number of carbonyl (C=O) groups is 1.